The minimum absolute atomic E-state index is 0.00767. The Morgan fingerprint density at radius 2 is 1.79 bits per heavy atom. The molecule has 14 heavy (non-hydrogen) atoms. The standard InChI is InChI=1S/C9H7Br3O2/c1-5(13)4-14-9-7(11)2-6(10)3-8(9)12/h2-3H,4H2,1H3. The summed E-state index contributed by atoms with van der Waals surface area (Å²) in [5, 5.41) is 0. The van der Waals surface area contributed by atoms with Crippen molar-refractivity contribution >= 4 is 53.6 Å². The molecule has 76 valence electrons. The van der Waals surface area contributed by atoms with Crippen molar-refractivity contribution in [2.24, 2.45) is 0 Å². The van der Waals surface area contributed by atoms with Crippen molar-refractivity contribution in [3.8, 4) is 5.75 Å². The van der Waals surface area contributed by atoms with Crippen LogP contribution in [0.25, 0.3) is 0 Å². The monoisotopic (exact) mass is 384 g/mol. The number of halogens is 3. The Morgan fingerprint density at radius 3 is 2.21 bits per heavy atom. The summed E-state index contributed by atoms with van der Waals surface area (Å²) in [6.07, 6.45) is 0. The van der Waals surface area contributed by atoms with Gasteiger partial charge in [-0.2, -0.15) is 0 Å². The smallest absolute Gasteiger partial charge is 0.167 e. The maximum absolute atomic E-state index is 10.7. The number of hydrogen-bond acceptors (Lipinski definition) is 2. The summed E-state index contributed by atoms with van der Waals surface area (Å²) in [5.41, 5.74) is 0. The molecule has 0 saturated carbocycles. The van der Waals surface area contributed by atoms with E-state index in [4.69, 9.17) is 4.74 Å². The average molecular weight is 387 g/mol. The van der Waals surface area contributed by atoms with Gasteiger partial charge in [0.25, 0.3) is 0 Å². The van der Waals surface area contributed by atoms with Crippen molar-refractivity contribution in [1.82, 2.24) is 0 Å². The van der Waals surface area contributed by atoms with Crippen molar-refractivity contribution in [3.63, 3.8) is 0 Å². The Kier molecular flexibility index (Phi) is 4.60. The minimum atomic E-state index is -0.00767. The van der Waals surface area contributed by atoms with Gasteiger partial charge in [-0.3, -0.25) is 4.79 Å². The van der Waals surface area contributed by atoms with E-state index in [0.29, 0.717) is 5.75 Å². The zero-order valence-corrected chi connectivity index (χ0v) is 12.1. The second-order valence-electron chi connectivity index (χ2n) is 2.69. The maximum atomic E-state index is 10.7. The van der Waals surface area contributed by atoms with E-state index in [1.165, 1.54) is 6.92 Å². The molecule has 0 bridgehead atoms. The minimum Gasteiger partial charge on any atom is -0.483 e. The van der Waals surface area contributed by atoms with E-state index in [9.17, 15) is 4.79 Å². The van der Waals surface area contributed by atoms with Crippen molar-refractivity contribution in [3.05, 3.63) is 25.6 Å². The van der Waals surface area contributed by atoms with E-state index in [1.54, 1.807) is 0 Å². The van der Waals surface area contributed by atoms with Crippen LogP contribution in [0, 0.1) is 0 Å². The van der Waals surface area contributed by atoms with Gasteiger partial charge < -0.3 is 4.74 Å². The Morgan fingerprint density at radius 1 is 1.29 bits per heavy atom. The van der Waals surface area contributed by atoms with Crippen LogP contribution in [0.4, 0.5) is 0 Å². The second-order valence-corrected chi connectivity index (χ2v) is 5.31. The van der Waals surface area contributed by atoms with Crippen LogP contribution in [0.5, 0.6) is 5.75 Å². The molecule has 0 unspecified atom stereocenters. The molecule has 0 aliphatic heterocycles. The highest BCUT2D eigenvalue weighted by Crippen LogP contribution is 2.36. The van der Waals surface area contributed by atoms with Crippen LogP contribution in [0.1, 0.15) is 6.92 Å². The fourth-order valence-electron chi connectivity index (χ4n) is 0.841. The number of rotatable bonds is 3. The molecular formula is C9H7Br3O2. The van der Waals surface area contributed by atoms with Gasteiger partial charge in [-0.1, -0.05) is 15.9 Å². The van der Waals surface area contributed by atoms with Gasteiger partial charge in [-0.05, 0) is 50.9 Å². The van der Waals surface area contributed by atoms with E-state index in [1.807, 2.05) is 12.1 Å². The zero-order valence-electron chi connectivity index (χ0n) is 7.31. The predicted molar refractivity (Wildman–Crippen MR) is 65.7 cm³/mol. The second kappa shape index (κ2) is 5.28. The average Bonchev–Trinajstić information content (AvgIpc) is 2.01. The third kappa shape index (κ3) is 3.37. The molecule has 0 amide bonds. The molecule has 0 heterocycles. The first-order valence-corrected chi connectivity index (χ1v) is 6.15. The van der Waals surface area contributed by atoms with Crippen molar-refractivity contribution in [1.29, 1.82) is 0 Å². The largest absolute Gasteiger partial charge is 0.483 e. The molecule has 0 fully saturated rings. The molecular weight excluding hydrogens is 380 g/mol. The van der Waals surface area contributed by atoms with Crippen LogP contribution in [-0.4, -0.2) is 12.4 Å². The lowest BCUT2D eigenvalue weighted by molar-refractivity contribution is -0.118. The summed E-state index contributed by atoms with van der Waals surface area (Å²) in [7, 11) is 0. The first-order chi connectivity index (χ1) is 6.50. The molecule has 0 spiro atoms. The Labute approximate surface area is 107 Å². The van der Waals surface area contributed by atoms with Crippen LogP contribution in [0.3, 0.4) is 0 Å². The molecule has 0 N–H and O–H groups in total. The van der Waals surface area contributed by atoms with Crippen molar-refractivity contribution in [2.45, 2.75) is 6.92 Å². The number of ketones is 1. The topological polar surface area (TPSA) is 26.3 Å². The van der Waals surface area contributed by atoms with Crippen LogP contribution >= 0.6 is 47.8 Å². The van der Waals surface area contributed by atoms with Gasteiger partial charge in [0.05, 0.1) is 8.95 Å². The number of Topliss-reactive ketones (excluding diaryl/α,β-unsaturated/α-hetero) is 1. The van der Waals surface area contributed by atoms with Gasteiger partial charge in [-0.15, -0.1) is 0 Å². The predicted octanol–water partition coefficient (Wildman–Crippen LogP) is 3.94. The van der Waals surface area contributed by atoms with E-state index in [0.717, 1.165) is 13.4 Å². The summed E-state index contributed by atoms with van der Waals surface area (Å²) in [6.45, 7) is 1.57. The SMILES string of the molecule is CC(=O)COc1c(Br)cc(Br)cc1Br. The lowest BCUT2D eigenvalue weighted by Crippen LogP contribution is -2.07. The molecule has 0 aromatic heterocycles. The van der Waals surface area contributed by atoms with Crippen molar-refractivity contribution in [2.75, 3.05) is 6.61 Å². The summed E-state index contributed by atoms with van der Waals surface area (Å²) in [4.78, 5) is 10.7. The Bertz CT molecular complexity index is 340. The summed E-state index contributed by atoms with van der Waals surface area (Å²) in [6, 6.07) is 3.72. The van der Waals surface area contributed by atoms with E-state index in [-0.39, 0.29) is 12.4 Å². The van der Waals surface area contributed by atoms with Gasteiger partial charge in [0, 0.05) is 4.47 Å². The molecule has 1 rings (SSSR count). The van der Waals surface area contributed by atoms with Gasteiger partial charge in [-0.25, -0.2) is 0 Å². The lowest BCUT2D eigenvalue weighted by atomic mass is 10.3. The molecule has 0 radical (unpaired) electrons. The number of hydrogen-bond donors (Lipinski definition) is 0. The molecule has 1 aromatic rings. The summed E-state index contributed by atoms with van der Waals surface area (Å²) >= 11 is 10.0. The molecule has 1 aromatic carbocycles. The third-order valence-electron chi connectivity index (χ3n) is 1.38. The maximum Gasteiger partial charge on any atom is 0.167 e. The fourth-order valence-corrected chi connectivity index (χ4v) is 3.33. The highest BCUT2D eigenvalue weighted by atomic mass is 79.9. The van der Waals surface area contributed by atoms with E-state index < -0.39 is 0 Å². The Hall–Kier alpha value is 0.130. The van der Waals surface area contributed by atoms with Crippen molar-refractivity contribution < 1.29 is 9.53 Å². The molecule has 0 aliphatic carbocycles. The fraction of sp³-hybridized carbons (Fsp3) is 0.222. The summed E-state index contributed by atoms with van der Waals surface area (Å²) < 4.78 is 7.87. The molecule has 0 aliphatic rings. The normalized spacial score (nSPS) is 10.0. The first kappa shape index (κ1) is 12.2. The van der Waals surface area contributed by atoms with Gasteiger partial charge in [0.2, 0.25) is 0 Å². The van der Waals surface area contributed by atoms with Crippen LogP contribution in [0.15, 0.2) is 25.6 Å². The highest BCUT2D eigenvalue weighted by molar-refractivity contribution is 9.11. The number of carbonyl (C=O) groups is 1. The Balaban J connectivity index is 2.91. The van der Waals surface area contributed by atoms with E-state index in [2.05, 4.69) is 47.8 Å². The highest BCUT2D eigenvalue weighted by Gasteiger charge is 2.08. The van der Waals surface area contributed by atoms with Gasteiger partial charge >= 0.3 is 0 Å². The van der Waals surface area contributed by atoms with Crippen LogP contribution in [0.2, 0.25) is 0 Å². The lowest BCUT2D eigenvalue weighted by Gasteiger charge is -2.08. The van der Waals surface area contributed by atoms with Crippen LogP contribution < -0.4 is 4.74 Å². The molecule has 0 saturated heterocycles. The molecule has 5 heteroatoms. The van der Waals surface area contributed by atoms with Gasteiger partial charge in [0.15, 0.2) is 5.78 Å². The zero-order chi connectivity index (χ0) is 10.7. The quantitative estimate of drug-likeness (QED) is 0.786. The van der Waals surface area contributed by atoms with E-state index >= 15 is 0 Å². The third-order valence-corrected chi connectivity index (χ3v) is 3.02. The number of ether oxygens (including phenoxy) is 1. The van der Waals surface area contributed by atoms with Crippen LogP contribution in [-0.2, 0) is 4.79 Å². The van der Waals surface area contributed by atoms with Gasteiger partial charge in [0.1, 0.15) is 12.4 Å². The molecule has 2 nitrogen and oxygen atoms in total. The first-order valence-electron chi connectivity index (χ1n) is 3.77. The molecule has 0 atom stereocenters. The number of benzene rings is 1. The summed E-state index contributed by atoms with van der Waals surface area (Å²) in [5.74, 6) is 0.634. The number of carbonyl (C=O) groups excluding carboxylic acids is 1.